The maximum atomic E-state index is 12.5. The molecule has 1 aromatic heterocycles. The zero-order chi connectivity index (χ0) is 16.1. The van der Waals surface area contributed by atoms with Crippen molar-refractivity contribution in [3.05, 3.63) is 60.2 Å². The fourth-order valence-electron chi connectivity index (χ4n) is 2.64. The maximum Gasteiger partial charge on any atom is 0.329 e. The number of aromatic nitrogens is 2. The lowest BCUT2D eigenvalue weighted by Gasteiger charge is -2.22. The molecule has 0 unspecified atom stereocenters. The fraction of sp³-hybridized carbons (Fsp3) is 0.294. The van der Waals surface area contributed by atoms with Crippen LogP contribution in [-0.2, 0) is 16.1 Å². The van der Waals surface area contributed by atoms with Gasteiger partial charge in [0.1, 0.15) is 18.3 Å². The lowest BCUT2D eigenvalue weighted by atomic mass is 10.2. The van der Waals surface area contributed by atoms with Gasteiger partial charge in [0, 0.05) is 18.9 Å². The van der Waals surface area contributed by atoms with Gasteiger partial charge in [0.25, 0.3) is 5.91 Å². The van der Waals surface area contributed by atoms with E-state index in [9.17, 15) is 9.59 Å². The van der Waals surface area contributed by atoms with Crippen molar-refractivity contribution in [2.24, 2.45) is 0 Å². The molecule has 118 valence electrons. The van der Waals surface area contributed by atoms with Gasteiger partial charge in [0.05, 0.1) is 6.20 Å². The van der Waals surface area contributed by atoms with Gasteiger partial charge in [-0.15, -0.1) is 0 Å². The molecule has 2 heterocycles. The van der Waals surface area contributed by atoms with Gasteiger partial charge in [0.2, 0.25) is 0 Å². The average molecular weight is 311 g/mol. The fourth-order valence-corrected chi connectivity index (χ4v) is 2.64. The van der Waals surface area contributed by atoms with Crippen LogP contribution in [-0.4, -0.2) is 39.3 Å². The normalized spacial score (nSPS) is 17.0. The number of ether oxygens (including phenoxy) is 1. The summed E-state index contributed by atoms with van der Waals surface area (Å²) in [6, 6.07) is 8.93. The van der Waals surface area contributed by atoms with Crippen LogP contribution in [0.25, 0.3) is 0 Å². The number of hydrogen-bond donors (Lipinski definition) is 0. The molecule has 1 amide bonds. The number of likely N-dealkylation sites (tertiary alicyclic amines) is 1. The van der Waals surface area contributed by atoms with E-state index in [2.05, 4.69) is 9.97 Å². The molecule has 1 saturated heterocycles. The number of hydrogen-bond acceptors (Lipinski definition) is 5. The van der Waals surface area contributed by atoms with Crippen molar-refractivity contribution in [1.29, 1.82) is 0 Å². The Labute approximate surface area is 134 Å². The molecule has 6 heteroatoms. The third kappa shape index (κ3) is 3.53. The second kappa shape index (κ2) is 7.00. The first-order valence-electron chi connectivity index (χ1n) is 7.53. The van der Waals surface area contributed by atoms with Gasteiger partial charge >= 0.3 is 5.97 Å². The quantitative estimate of drug-likeness (QED) is 0.805. The van der Waals surface area contributed by atoms with E-state index in [-0.39, 0.29) is 24.2 Å². The number of nitrogens with zero attached hydrogens (tertiary/aromatic N) is 3. The molecule has 1 fully saturated rings. The first kappa shape index (κ1) is 15.1. The Morgan fingerprint density at radius 3 is 2.78 bits per heavy atom. The summed E-state index contributed by atoms with van der Waals surface area (Å²) in [4.78, 5) is 34.2. The molecule has 1 aliphatic heterocycles. The number of rotatable bonds is 4. The molecule has 0 radical (unpaired) electrons. The molecular weight excluding hydrogens is 294 g/mol. The molecule has 1 atom stereocenters. The zero-order valence-electron chi connectivity index (χ0n) is 12.6. The predicted molar refractivity (Wildman–Crippen MR) is 82.3 cm³/mol. The van der Waals surface area contributed by atoms with E-state index in [0.717, 1.165) is 12.0 Å². The molecule has 0 aliphatic carbocycles. The molecule has 1 aromatic carbocycles. The summed E-state index contributed by atoms with van der Waals surface area (Å²) in [6.45, 7) is 0.740. The van der Waals surface area contributed by atoms with E-state index in [0.29, 0.717) is 13.0 Å². The Bertz CT molecular complexity index is 676. The van der Waals surface area contributed by atoms with Crippen LogP contribution >= 0.6 is 0 Å². The summed E-state index contributed by atoms with van der Waals surface area (Å²) in [6.07, 6.45) is 5.77. The molecule has 3 rings (SSSR count). The minimum atomic E-state index is -0.548. The van der Waals surface area contributed by atoms with E-state index in [1.807, 2.05) is 30.3 Å². The van der Waals surface area contributed by atoms with Crippen LogP contribution in [0.5, 0.6) is 0 Å². The zero-order valence-corrected chi connectivity index (χ0v) is 12.6. The number of carbonyl (C=O) groups excluding carboxylic acids is 2. The minimum Gasteiger partial charge on any atom is -0.459 e. The van der Waals surface area contributed by atoms with E-state index < -0.39 is 6.04 Å². The van der Waals surface area contributed by atoms with Crippen LogP contribution in [0.2, 0.25) is 0 Å². The van der Waals surface area contributed by atoms with Crippen molar-refractivity contribution in [1.82, 2.24) is 14.9 Å². The van der Waals surface area contributed by atoms with Crippen LogP contribution in [0.3, 0.4) is 0 Å². The average Bonchev–Trinajstić information content (AvgIpc) is 3.10. The van der Waals surface area contributed by atoms with Gasteiger partial charge in [0.15, 0.2) is 0 Å². The van der Waals surface area contributed by atoms with Gasteiger partial charge in [-0.1, -0.05) is 30.3 Å². The summed E-state index contributed by atoms with van der Waals surface area (Å²) < 4.78 is 5.36. The summed E-state index contributed by atoms with van der Waals surface area (Å²) in [5.74, 6) is -0.652. The van der Waals surface area contributed by atoms with Crippen LogP contribution in [0, 0.1) is 0 Å². The van der Waals surface area contributed by atoms with Crippen LogP contribution in [0.15, 0.2) is 48.9 Å². The number of carbonyl (C=O) groups is 2. The largest absolute Gasteiger partial charge is 0.459 e. The highest BCUT2D eigenvalue weighted by Crippen LogP contribution is 2.21. The highest BCUT2D eigenvalue weighted by atomic mass is 16.5. The van der Waals surface area contributed by atoms with Gasteiger partial charge in [-0.2, -0.15) is 0 Å². The maximum absolute atomic E-state index is 12.5. The third-order valence-electron chi connectivity index (χ3n) is 3.79. The Kier molecular flexibility index (Phi) is 4.61. The van der Waals surface area contributed by atoms with Crippen molar-refractivity contribution in [2.45, 2.75) is 25.5 Å². The Balaban J connectivity index is 1.64. The monoisotopic (exact) mass is 311 g/mol. The van der Waals surface area contributed by atoms with Crippen molar-refractivity contribution in [3.63, 3.8) is 0 Å². The predicted octanol–water partition coefficient (Wildman–Crippen LogP) is 1.82. The summed E-state index contributed by atoms with van der Waals surface area (Å²) in [7, 11) is 0. The lowest BCUT2D eigenvalue weighted by molar-refractivity contribution is -0.149. The molecule has 0 bridgehead atoms. The van der Waals surface area contributed by atoms with E-state index in [4.69, 9.17) is 4.74 Å². The number of benzene rings is 1. The second-order valence-corrected chi connectivity index (χ2v) is 5.34. The van der Waals surface area contributed by atoms with Gasteiger partial charge in [-0.3, -0.25) is 9.78 Å². The molecule has 0 saturated carbocycles. The van der Waals surface area contributed by atoms with Crippen LogP contribution in [0.1, 0.15) is 28.9 Å². The van der Waals surface area contributed by atoms with Crippen LogP contribution in [0.4, 0.5) is 0 Å². The highest BCUT2D eigenvalue weighted by molar-refractivity contribution is 5.95. The Morgan fingerprint density at radius 1 is 1.22 bits per heavy atom. The van der Waals surface area contributed by atoms with Crippen molar-refractivity contribution in [3.8, 4) is 0 Å². The second-order valence-electron chi connectivity index (χ2n) is 5.34. The standard InChI is InChI=1S/C17H17N3O3/c21-16(14-11-18-8-9-19-14)20-10-4-7-15(20)17(22)23-12-13-5-2-1-3-6-13/h1-3,5-6,8-9,11,15H,4,7,10,12H2/t15-/m0/s1. The van der Waals surface area contributed by atoms with Gasteiger partial charge in [-0.25, -0.2) is 9.78 Å². The van der Waals surface area contributed by atoms with Crippen molar-refractivity contribution in [2.75, 3.05) is 6.54 Å². The molecule has 23 heavy (non-hydrogen) atoms. The first-order valence-corrected chi connectivity index (χ1v) is 7.53. The SMILES string of the molecule is O=C(OCc1ccccc1)[C@@H]1CCCN1C(=O)c1cnccn1. The molecular formula is C17H17N3O3. The molecule has 0 spiro atoms. The lowest BCUT2D eigenvalue weighted by Crippen LogP contribution is -2.41. The number of esters is 1. The Hall–Kier alpha value is -2.76. The van der Waals surface area contributed by atoms with E-state index >= 15 is 0 Å². The smallest absolute Gasteiger partial charge is 0.329 e. The molecule has 1 aliphatic rings. The van der Waals surface area contributed by atoms with Crippen molar-refractivity contribution < 1.29 is 14.3 Å². The van der Waals surface area contributed by atoms with Crippen molar-refractivity contribution >= 4 is 11.9 Å². The van der Waals surface area contributed by atoms with Crippen LogP contribution < -0.4 is 0 Å². The van der Waals surface area contributed by atoms with Gasteiger partial charge < -0.3 is 9.64 Å². The molecule has 6 nitrogen and oxygen atoms in total. The molecule has 2 aromatic rings. The molecule has 0 N–H and O–H groups in total. The topological polar surface area (TPSA) is 72.4 Å². The van der Waals surface area contributed by atoms with E-state index in [1.54, 1.807) is 0 Å². The van der Waals surface area contributed by atoms with E-state index in [1.165, 1.54) is 23.5 Å². The summed E-state index contributed by atoms with van der Waals surface area (Å²) in [5.41, 5.74) is 1.17. The first-order chi connectivity index (χ1) is 11.3. The minimum absolute atomic E-state index is 0.212. The highest BCUT2D eigenvalue weighted by Gasteiger charge is 2.36. The Morgan fingerprint density at radius 2 is 2.04 bits per heavy atom. The summed E-state index contributed by atoms with van der Waals surface area (Å²) >= 11 is 0. The number of amides is 1. The third-order valence-corrected chi connectivity index (χ3v) is 3.79. The van der Waals surface area contributed by atoms with Gasteiger partial charge in [-0.05, 0) is 18.4 Å². The summed E-state index contributed by atoms with van der Waals surface area (Å²) in [5, 5.41) is 0.